The Morgan fingerprint density at radius 1 is 1.42 bits per heavy atom. The third-order valence-corrected chi connectivity index (χ3v) is 3.79. The van der Waals surface area contributed by atoms with Crippen molar-refractivity contribution in [2.75, 3.05) is 6.61 Å². The Hall–Kier alpha value is -1.47. The smallest absolute Gasteiger partial charge is 0.294 e. The number of hydrogen-bond donors (Lipinski definition) is 1. The molecule has 6 nitrogen and oxygen atoms in total. The summed E-state index contributed by atoms with van der Waals surface area (Å²) in [7, 11) is 0. The van der Waals surface area contributed by atoms with E-state index in [2.05, 4.69) is 34.5 Å². The van der Waals surface area contributed by atoms with Crippen LogP contribution in [-0.4, -0.2) is 32.6 Å². The predicted molar refractivity (Wildman–Crippen MR) is 74.3 cm³/mol. The van der Waals surface area contributed by atoms with Crippen molar-refractivity contribution < 1.29 is 4.74 Å². The van der Waals surface area contributed by atoms with Crippen LogP contribution >= 0.6 is 11.3 Å². The predicted octanol–water partition coefficient (Wildman–Crippen LogP) is 1.87. The molecule has 0 spiro atoms. The summed E-state index contributed by atoms with van der Waals surface area (Å²) in [6.45, 7) is 7.52. The molecule has 0 aromatic carbocycles. The van der Waals surface area contributed by atoms with Crippen LogP contribution in [0.4, 0.5) is 0 Å². The Balaban J connectivity index is 1.84. The Morgan fingerprint density at radius 3 is 2.95 bits per heavy atom. The molecule has 0 aliphatic heterocycles. The molecular weight excluding hydrogens is 262 g/mol. The van der Waals surface area contributed by atoms with Gasteiger partial charge < -0.3 is 10.1 Å². The minimum atomic E-state index is 0.286. The molecule has 0 saturated heterocycles. The molecule has 2 heterocycles. The maximum Gasteiger partial charge on any atom is 0.294 e. The number of ether oxygens (including phenoxy) is 1. The molecule has 0 fully saturated rings. The van der Waals surface area contributed by atoms with Gasteiger partial charge in [-0.3, -0.25) is 4.68 Å². The van der Waals surface area contributed by atoms with Gasteiger partial charge in [0.1, 0.15) is 5.01 Å². The summed E-state index contributed by atoms with van der Waals surface area (Å²) in [5, 5.41) is 17.3. The van der Waals surface area contributed by atoms with Crippen molar-refractivity contribution in [2.24, 2.45) is 0 Å². The second kappa shape index (κ2) is 6.63. The lowest BCUT2D eigenvalue weighted by molar-refractivity contribution is 0.335. The molecule has 0 amide bonds. The van der Waals surface area contributed by atoms with Gasteiger partial charge in [-0.2, -0.15) is 5.10 Å². The molecular formula is C12H19N5OS. The zero-order valence-electron chi connectivity index (χ0n) is 11.4. The van der Waals surface area contributed by atoms with Crippen molar-refractivity contribution in [3.05, 3.63) is 23.5 Å². The summed E-state index contributed by atoms with van der Waals surface area (Å²) in [6, 6.07) is 2.51. The summed E-state index contributed by atoms with van der Waals surface area (Å²) in [4.78, 5) is 0. The van der Waals surface area contributed by atoms with Crippen molar-refractivity contribution in [1.29, 1.82) is 0 Å². The van der Waals surface area contributed by atoms with Crippen LogP contribution in [0.3, 0.4) is 0 Å². The molecule has 2 atom stereocenters. The first kappa shape index (κ1) is 14.0. The standard InChI is InChI=1S/C12H19N5OS/c1-4-18-12-16-15-11(19-12)8-13-9(2)10(3)17-7-5-6-14-17/h5-7,9-10,13H,4,8H2,1-3H3/t9-,10-/m0/s1. The summed E-state index contributed by atoms with van der Waals surface area (Å²) in [5.41, 5.74) is 0. The largest absolute Gasteiger partial charge is 0.469 e. The molecule has 104 valence electrons. The van der Waals surface area contributed by atoms with Crippen molar-refractivity contribution in [3.63, 3.8) is 0 Å². The highest BCUT2D eigenvalue weighted by Crippen LogP contribution is 2.18. The highest BCUT2D eigenvalue weighted by Gasteiger charge is 2.14. The first-order chi connectivity index (χ1) is 9.20. The van der Waals surface area contributed by atoms with Gasteiger partial charge in [0, 0.05) is 18.4 Å². The van der Waals surface area contributed by atoms with E-state index >= 15 is 0 Å². The number of nitrogens with one attached hydrogen (secondary N) is 1. The fourth-order valence-electron chi connectivity index (χ4n) is 1.66. The minimum absolute atomic E-state index is 0.286. The van der Waals surface area contributed by atoms with Crippen LogP contribution in [0, 0.1) is 0 Å². The van der Waals surface area contributed by atoms with Crippen molar-refractivity contribution in [2.45, 2.75) is 39.4 Å². The lowest BCUT2D eigenvalue weighted by Gasteiger charge is -2.21. The van der Waals surface area contributed by atoms with Crippen LogP contribution in [0.2, 0.25) is 0 Å². The minimum Gasteiger partial charge on any atom is -0.469 e. The molecule has 0 radical (unpaired) electrons. The van der Waals surface area contributed by atoms with Gasteiger partial charge in [-0.05, 0) is 26.8 Å². The average molecular weight is 281 g/mol. The second-order valence-corrected chi connectivity index (χ2v) is 5.32. The van der Waals surface area contributed by atoms with Crippen molar-refractivity contribution in [3.8, 4) is 5.19 Å². The third-order valence-electron chi connectivity index (χ3n) is 2.96. The molecule has 0 aliphatic rings. The maximum absolute atomic E-state index is 5.30. The van der Waals surface area contributed by atoms with Crippen LogP contribution in [0.5, 0.6) is 5.19 Å². The molecule has 2 rings (SSSR count). The van der Waals surface area contributed by atoms with Crippen LogP contribution in [0.15, 0.2) is 18.5 Å². The van der Waals surface area contributed by atoms with Gasteiger partial charge in [0.15, 0.2) is 0 Å². The quantitative estimate of drug-likeness (QED) is 0.839. The van der Waals surface area contributed by atoms with Gasteiger partial charge in [-0.15, -0.1) is 10.2 Å². The van der Waals surface area contributed by atoms with Crippen LogP contribution in [0.25, 0.3) is 0 Å². The molecule has 0 bridgehead atoms. The molecule has 0 saturated carbocycles. The molecule has 0 unspecified atom stereocenters. The number of hydrogen-bond acceptors (Lipinski definition) is 6. The van der Waals surface area contributed by atoms with E-state index < -0.39 is 0 Å². The molecule has 2 aromatic heterocycles. The maximum atomic E-state index is 5.30. The van der Waals surface area contributed by atoms with Crippen LogP contribution in [-0.2, 0) is 6.54 Å². The highest BCUT2D eigenvalue weighted by atomic mass is 32.1. The zero-order valence-corrected chi connectivity index (χ0v) is 12.2. The average Bonchev–Trinajstić information content (AvgIpc) is 3.06. The van der Waals surface area contributed by atoms with Gasteiger partial charge in [0.05, 0.1) is 19.2 Å². The highest BCUT2D eigenvalue weighted by molar-refractivity contribution is 7.13. The van der Waals surface area contributed by atoms with Gasteiger partial charge in [-0.1, -0.05) is 11.3 Å². The fourth-order valence-corrected chi connectivity index (χ4v) is 2.36. The number of aromatic nitrogens is 4. The van der Waals surface area contributed by atoms with Gasteiger partial charge in [-0.25, -0.2) is 0 Å². The fraction of sp³-hybridized carbons (Fsp3) is 0.583. The zero-order chi connectivity index (χ0) is 13.7. The first-order valence-corrected chi connectivity index (χ1v) is 7.20. The topological polar surface area (TPSA) is 64.9 Å². The Bertz CT molecular complexity index is 484. The molecule has 2 aromatic rings. The van der Waals surface area contributed by atoms with Gasteiger partial charge in [0.25, 0.3) is 5.19 Å². The Morgan fingerprint density at radius 2 is 2.26 bits per heavy atom. The molecule has 7 heteroatoms. The summed E-state index contributed by atoms with van der Waals surface area (Å²) < 4.78 is 7.25. The van der Waals surface area contributed by atoms with E-state index in [0.29, 0.717) is 24.4 Å². The van der Waals surface area contributed by atoms with Gasteiger partial charge >= 0.3 is 0 Å². The molecule has 0 aliphatic carbocycles. The SMILES string of the molecule is CCOc1nnc(CN[C@@H](C)[C@H](C)n2cccn2)s1. The lowest BCUT2D eigenvalue weighted by atomic mass is 10.2. The third kappa shape index (κ3) is 3.74. The number of rotatable bonds is 7. The summed E-state index contributed by atoms with van der Waals surface area (Å²) in [5.74, 6) is 0. The van der Waals surface area contributed by atoms with E-state index in [1.165, 1.54) is 11.3 Å². The first-order valence-electron chi connectivity index (χ1n) is 6.38. The summed E-state index contributed by atoms with van der Waals surface area (Å²) >= 11 is 1.48. The van der Waals surface area contributed by atoms with Crippen molar-refractivity contribution in [1.82, 2.24) is 25.3 Å². The van der Waals surface area contributed by atoms with E-state index in [-0.39, 0.29) is 6.04 Å². The lowest BCUT2D eigenvalue weighted by Crippen LogP contribution is -2.33. The van der Waals surface area contributed by atoms with E-state index in [4.69, 9.17) is 4.74 Å². The van der Waals surface area contributed by atoms with E-state index in [9.17, 15) is 0 Å². The van der Waals surface area contributed by atoms with Gasteiger partial charge in [0.2, 0.25) is 0 Å². The van der Waals surface area contributed by atoms with E-state index in [1.807, 2.05) is 23.9 Å². The van der Waals surface area contributed by atoms with Crippen molar-refractivity contribution >= 4 is 11.3 Å². The van der Waals surface area contributed by atoms with Crippen LogP contribution < -0.4 is 10.1 Å². The monoisotopic (exact) mass is 281 g/mol. The number of nitrogens with zero attached hydrogens (tertiary/aromatic N) is 4. The molecule has 19 heavy (non-hydrogen) atoms. The second-order valence-electron chi connectivity index (χ2n) is 4.29. The van der Waals surface area contributed by atoms with E-state index in [0.717, 1.165) is 5.01 Å². The van der Waals surface area contributed by atoms with Crippen LogP contribution in [0.1, 0.15) is 31.8 Å². The Kier molecular flexibility index (Phi) is 4.86. The van der Waals surface area contributed by atoms with E-state index in [1.54, 1.807) is 6.20 Å². The summed E-state index contributed by atoms with van der Waals surface area (Å²) in [6.07, 6.45) is 3.77. The molecule has 1 N–H and O–H groups in total. The Labute approximate surface area is 116 Å². The normalized spacial score (nSPS) is 14.3.